The van der Waals surface area contributed by atoms with Crippen LogP contribution in [0.15, 0.2) is 0 Å². The van der Waals surface area contributed by atoms with Crippen LogP contribution in [0.5, 0.6) is 0 Å². The van der Waals surface area contributed by atoms with Crippen LogP contribution in [0.3, 0.4) is 0 Å². The molecular formula is C9H17N3O2. The molecule has 0 aliphatic heterocycles. The fraction of sp³-hybridized carbons (Fsp3) is 0.778. The van der Waals surface area contributed by atoms with Crippen molar-refractivity contribution in [3.8, 4) is 0 Å². The second-order valence-electron chi connectivity index (χ2n) is 3.81. The van der Waals surface area contributed by atoms with E-state index in [0.29, 0.717) is 25.7 Å². The van der Waals surface area contributed by atoms with Crippen LogP contribution < -0.4 is 11.1 Å². The van der Waals surface area contributed by atoms with Gasteiger partial charge in [-0.05, 0) is 12.8 Å². The maximum Gasteiger partial charge on any atom is 0.185 e. The molecule has 1 aliphatic carbocycles. The number of guanidine groups is 1. The Kier molecular flexibility index (Phi) is 3.10. The third-order valence-corrected chi connectivity index (χ3v) is 2.69. The van der Waals surface area contributed by atoms with E-state index in [4.69, 9.17) is 11.1 Å². The highest BCUT2D eigenvalue weighted by atomic mass is 16.3. The van der Waals surface area contributed by atoms with E-state index in [9.17, 15) is 9.90 Å². The van der Waals surface area contributed by atoms with Crippen molar-refractivity contribution in [2.24, 2.45) is 5.73 Å². The van der Waals surface area contributed by atoms with E-state index in [1.165, 1.54) is 0 Å². The largest absolute Gasteiger partial charge is 0.382 e. The summed E-state index contributed by atoms with van der Waals surface area (Å²) in [5.41, 5.74) is 3.98. The molecule has 0 radical (unpaired) electrons. The number of ketones is 1. The van der Waals surface area contributed by atoms with Crippen molar-refractivity contribution in [3.05, 3.63) is 0 Å². The summed E-state index contributed by atoms with van der Waals surface area (Å²) in [6, 6.07) is -0.0481. The normalized spacial score (nSPS) is 31.4. The predicted octanol–water partition coefficient (Wildman–Crippen LogP) is -0.268. The number of carbonyl (C=O) groups excluding carboxylic acids is 1. The number of rotatable bonds is 3. The molecule has 5 heteroatoms. The Balaban J connectivity index is 2.55. The van der Waals surface area contributed by atoms with E-state index >= 15 is 0 Å². The molecule has 0 heterocycles. The van der Waals surface area contributed by atoms with E-state index in [0.717, 1.165) is 0 Å². The molecule has 0 spiro atoms. The van der Waals surface area contributed by atoms with Crippen LogP contribution >= 0.6 is 0 Å². The Bertz CT molecular complexity index is 254. The molecule has 0 aromatic carbocycles. The topological polar surface area (TPSA) is 99.2 Å². The summed E-state index contributed by atoms with van der Waals surface area (Å²) in [6.45, 7) is 1.74. The third-order valence-electron chi connectivity index (χ3n) is 2.69. The molecule has 2 atom stereocenters. The lowest BCUT2D eigenvalue weighted by atomic mass is 9.94. The quantitative estimate of drug-likeness (QED) is 0.371. The number of Topliss-reactive ketones (excluding diaryl/α,β-unsaturated/α-hetero) is 1. The van der Waals surface area contributed by atoms with Crippen molar-refractivity contribution in [2.75, 3.05) is 0 Å². The van der Waals surface area contributed by atoms with Crippen LogP contribution in [-0.2, 0) is 4.79 Å². The fourth-order valence-corrected chi connectivity index (χ4v) is 1.95. The smallest absolute Gasteiger partial charge is 0.185 e. The van der Waals surface area contributed by atoms with Crippen molar-refractivity contribution in [3.63, 3.8) is 0 Å². The number of hydrogen-bond acceptors (Lipinski definition) is 3. The van der Waals surface area contributed by atoms with E-state index < -0.39 is 5.60 Å². The summed E-state index contributed by atoms with van der Waals surface area (Å²) >= 11 is 0. The summed E-state index contributed by atoms with van der Waals surface area (Å²) in [5.74, 6) is -0.228. The minimum absolute atomic E-state index is 0.0481. The minimum Gasteiger partial charge on any atom is -0.382 e. The standard InChI is InChI=1S/C9H17N3O2/c1-2-7(13)9(14)4-3-6(5-9)12-8(10)11/h6,14H,2-5H2,1H3,(H4,10,11,12). The van der Waals surface area contributed by atoms with E-state index in [1.807, 2.05) is 0 Å². The molecule has 0 aromatic rings. The van der Waals surface area contributed by atoms with Gasteiger partial charge < -0.3 is 16.2 Å². The molecule has 14 heavy (non-hydrogen) atoms. The highest BCUT2D eigenvalue weighted by molar-refractivity contribution is 5.87. The monoisotopic (exact) mass is 199 g/mol. The number of aliphatic hydroxyl groups is 1. The zero-order valence-electron chi connectivity index (χ0n) is 8.34. The van der Waals surface area contributed by atoms with Gasteiger partial charge >= 0.3 is 0 Å². The van der Waals surface area contributed by atoms with Crippen LogP contribution in [0.1, 0.15) is 32.6 Å². The highest BCUT2D eigenvalue weighted by Crippen LogP contribution is 2.31. The van der Waals surface area contributed by atoms with Crippen LogP contribution in [0.4, 0.5) is 0 Å². The minimum atomic E-state index is -1.19. The van der Waals surface area contributed by atoms with Gasteiger partial charge in [-0.25, -0.2) is 0 Å². The lowest BCUT2D eigenvalue weighted by molar-refractivity contribution is -0.136. The average Bonchev–Trinajstić information content (AvgIpc) is 2.46. The van der Waals surface area contributed by atoms with Gasteiger partial charge in [0.15, 0.2) is 11.7 Å². The molecule has 1 fully saturated rings. The average molecular weight is 199 g/mol. The molecule has 1 saturated carbocycles. The van der Waals surface area contributed by atoms with Gasteiger partial charge in [0.2, 0.25) is 0 Å². The summed E-state index contributed by atoms with van der Waals surface area (Å²) in [7, 11) is 0. The number of nitrogens with one attached hydrogen (secondary N) is 2. The van der Waals surface area contributed by atoms with Gasteiger partial charge in [-0.1, -0.05) is 6.92 Å². The van der Waals surface area contributed by atoms with E-state index in [1.54, 1.807) is 6.92 Å². The Labute approximate surface area is 83.2 Å². The van der Waals surface area contributed by atoms with Gasteiger partial charge in [0.25, 0.3) is 0 Å². The summed E-state index contributed by atoms with van der Waals surface area (Å²) in [6.07, 6.45) is 1.86. The number of hydrogen-bond donors (Lipinski definition) is 4. The van der Waals surface area contributed by atoms with Gasteiger partial charge in [-0.15, -0.1) is 0 Å². The first-order valence-electron chi connectivity index (χ1n) is 4.84. The predicted molar refractivity (Wildman–Crippen MR) is 52.9 cm³/mol. The van der Waals surface area contributed by atoms with Gasteiger partial charge in [-0.3, -0.25) is 10.2 Å². The molecule has 1 aliphatic rings. The molecular weight excluding hydrogens is 182 g/mol. The van der Waals surface area contributed by atoms with Crippen LogP contribution in [-0.4, -0.2) is 28.5 Å². The molecule has 0 amide bonds. The first kappa shape index (κ1) is 11.0. The second kappa shape index (κ2) is 3.96. The summed E-state index contributed by atoms with van der Waals surface area (Å²) in [5, 5.41) is 19.7. The Morgan fingerprint density at radius 1 is 1.79 bits per heavy atom. The molecule has 5 nitrogen and oxygen atoms in total. The number of carbonyl (C=O) groups is 1. The second-order valence-corrected chi connectivity index (χ2v) is 3.81. The van der Waals surface area contributed by atoms with Crippen molar-refractivity contribution < 1.29 is 9.90 Å². The summed E-state index contributed by atoms with van der Waals surface area (Å²) in [4.78, 5) is 11.4. The molecule has 80 valence electrons. The van der Waals surface area contributed by atoms with Crippen LogP contribution in [0, 0.1) is 5.41 Å². The van der Waals surface area contributed by atoms with Gasteiger partial charge in [0.1, 0.15) is 5.60 Å². The molecule has 5 N–H and O–H groups in total. The Morgan fingerprint density at radius 3 is 2.93 bits per heavy atom. The number of nitrogens with two attached hydrogens (primary N) is 1. The molecule has 0 bridgehead atoms. The van der Waals surface area contributed by atoms with E-state index in [-0.39, 0.29) is 17.8 Å². The van der Waals surface area contributed by atoms with Crippen molar-refractivity contribution in [2.45, 2.75) is 44.2 Å². The maximum atomic E-state index is 11.4. The van der Waals surface area contributed by atoms with Crippen molar-refractivity contribution in [1.29, 1.82) is 5.41 Å². The van der Waals surface area contributed by atoms with Crippen molar-refractivity contribution >= 4 is 11.7 Å². The lowest BCUT2D eigenvalue weighted by Crippen LogP contribution is -2.41. The van der Waals surface area contributed by atoms with Crippen LogP contribution in [0.2, 0.25) is 0 Å². The first-order chi connectivity index (χ1) is 6.48. The lowest BCUT2D eigenvalue weighted by Gasteiger charge is -2.20. The fourth-order valence-electron chi connectivity index (χ4n) is 1.95. The zero-order valence-corrected chi connectivity index (χ0v) is 8.34. The summed E-state index contributed by atoms with van der Waals surface area (Å²) < 4.78 is 0. The van der Waals surface area contributed by atoms with Gasteiger partial charge in [0.05, 0.1) is 0 Å². The molecule has 0 saturated heterocycles. The first-order valence-corrected chi connectivity index (χ1v) is 4.84. The third kappa shape index (κ3) is 2.23. The Morgan fingerprint density at radius 2 is 2.43 bits per heavy atom. The van der Waals surface area contributed by atoms with Crippen LogP contribution in [0.25, 0.3) is 0 Å². The van der Waals surface area contributed by atoms with Gasteiger partial charge in [-0.2, -0.15) is 0 Å². The zero-order chi connectivity index (χ0) is 10.8. The molecule has 0 aromatic heterocycles. The molecule has 1 rings (SSSR count). The van der Waals surface area contributed by atoms with E-state index in [2.05, 4.69) is 5.32 Å². The maximum absolute atomic E-state index is 11.4. The van der Waals surface area contributed by atoms with Gasteiger partial charge in [0, 0.05) is 18.9 Å². The highest BCUT2D eigenvalue weighted by Gasteiger charge is 2.42. The SMILES string of the molecule is CCC(=O)C1(O)CCC(NC(=N)N)C1. The Hall–Kier alpha value is -1.10. The molecule has 2 unspecified atom stereocenters. The van der Waals surface area contributed by atoms with Crippen molar-refractivity contribution in [1.82, 2.24) is 5.32 Å².